The van der Waals surface area contributed by atoms with E-state index < -0.39 is 0 Å². The van der Waals surface area contributed by atoms with Crippen LogP contribution in [0.4, 0.5) is 0 Å². The first-order valence-corrected chi connectivity index (χ1v) is 5.04. The number of rotatable bonds is 3. The minimum absolute atomic E-state index is 0.0891. The lowest BCUT2D eigenvalue weighted by atomic mass is 9.97. The van der Waals surface area contributed by atoms with Gasteiger partial charge in [-0.25, -0.2) is 0 Å². The van der Waals surface area contributed by atoms with Gasteiger partial charge in [-0.1, -0.05) is 20.4 Å². The van der Waals surface area contributed by atoms with Crippen molar-refractivity contribution in [3.63, 3.8) is 0 Å². The molecule has 1 unspecified atom stereocenters. The number of carbonyl (C=O) groups excluding carboxylic acids is 1. The van der Waals surface area contributed by atoms with Gasteiger partial charge in [-0.15, -0.1) is 0 Å². The normalized spacial score (nSPS) is 22.4. The van der Waals surface area contributed by atoms with Crippen molar-refractivity contribution in [3.05, 3.63) is 12.7 Å². The number of amides is 1. The average Bonchev–Trinajstić information content (AvgIpc) is 2.50. The Kier molecular flexibility index (Phi) is 3.52. The van der Waals surface area contributed by atoms with Gasteiger partial charge < -0.3 is 4.90 Å². The second-order valence-electron chi connectivity index (χ2n) is 4.27. The summed E-state index contributed by atoms with van der Waals surface area (Å²) in [6.07, 6.45) is 3.82. The van der Waals surface area contributed by atoms with Crippen LogP contribution in [0.5, 0.6) is 0 Å². The van der Waals surface area contributed by atoms with Gasteiger partial charge in [0.25, 0.3) is 0 Å². The highest BCUT2D eigenvalue weighted by atomic mass is 16.2. The van der Waals surface area contributed by atoms with E-state index in [1.54, 1.807) is 0 Å². The molecule has 0 bridgehead atoms. The fourth-order valence-electron chi connectivity index (χ4n) is 2.02. The number of nitrogens with zero attached hydrogens (tertiary/aromatic N) is 1. The van der Waals surface area contributed by atoms with Crippen LogP contribution in [-0.4, -0.2) is 23.9 Å². The Hall–Kier alpha value is -0.790. The molecule has 0 saturated carbocycles. The minimum Gasteiger partial charge on any atom is -0.339 e. The summed E-state index contributed by atoms with van der Waals surface area (Å²) in [4.78, 5) is 13.2. The maximum Gasteiger partial charge on any atom is 0.245 e. The Morgan fingerprint density at radius 3 is 2.92 bits per heavy atom. The van der Waals surface area contributed by atoms with Crippen LogP contribution < -0.4 is 0 Å². The number of hydrogen-bond acceptors (Lipinski definition) is 1. The predicted molar refractivity (Wildman–Crippen MR) is 54.3 cm³/mol. The van der Waals surface area contributed by atoms with Crippen LogP contribution in [0.25, 0.3) is 0 Å². The van der Waals surface area contributed by atoms with Gasteiger partial charge >= 0.3 is 0 Å². The Labute approximate surface area is 80.6 Å². The molecule has 1 amide bonds. The zero-order chi connectivity index (χ0) is 9.84. The fourth-order valence-corrected chi connectivity index (χ4v) is 2.02. The summed E-state index contributed by atoms with van der Waals surface area (Å²) in [5, 5.41) is 0. The highest BCUT2D eigenvalue weighted by molar-refractivity contribution is 5.87. The summed E-state index contributed by atoms with van der Waals surface area (Å²) in [6, 6.07) is 0. The molecule has 1 rings (SSSR count). The molecule has 1 fully saturated rings. The number of carbonyl (C=O) groups is 1. The summed E-state index contributed by atoms with van der Waals surface area (Å²) in [5.74, 6) is 1.54. The van der Waals surface area contributed by atoms with E-state index in [0.29, 0.717) is 5.92 Å². The van der Waals surface area contributed by atoms with Gasteiger partial charge in [-0.05, 0) is 30.8 Å². The SMILES string of the molecule is C=CC(=O)N1CCC(CC(C)C)C1. The molecule has 1 saturated heterocycles. The van der Waals surface area contributed by atoms with Crippen LogP contribution >= 0.6 is 0 Å². The molecule has 1 atom stereocenters. The largest absolute Gasteiger partial charge is 0.339 e. The molecule has 0 aromatic heterocycles. The standard InChI is InChI=1S/C11H19NO/c1-4-11(13)12-6-5-10(8-12)7-9(2)3/h4,9-10H,1,5-8H2,2-3H3. The van der Waals surface area contributed by atoms with Crippen LogP contribution in [0.15, 0.2) is 12.7 Å². The second-order valence-corrected chi connectivity index (χ2v) is 4.27. The van der Waals surface area contributed by atoms with Crippen LogP contribution in [-0.2, 0) is 4.79 Å². The van der Waals surface area contributed by atoms with Gasteiger partial charge in [0.15, 0.2) is 0 Å². The van der Waals surface area contributed by atoms with Gasteiger partial charge in [-0.3, -0.25) is 4.79 Å². The molecule has 0 aromatic rings. The average molecular weight is 181 g/mol. The molecule has 0 aliphatic carbocycles. The maximum atomic E-state index is 11.3. The molecule has 0 N–H and O–H groups in total. The quantitative estimate of drug-likeness (QED) is 0.610. The molecule has 13 heavy (non-hydrogen) atoms. The molecule has 74 valence electrons. The van der Waals surface area contributed by atoms with E-state index in [1.165, 1.54) is 12.5 Å². The van der Waals surface area contributed by atoms with Crippen molar-refractivity contribution in [2.45, 2.75) is 26.7 Å². The van der Waals surface area contributed by atoms with Gasteiger partial charge in [0.1, 0.15) is 0 Å². The summed E-state index contributed by atoms with van der Waals surface area (Å²) in [5.41, 5.74) is 0. The monoisotopic (exact) mass is 181 g/mol. The van der Waals surface area contributed by atoms with E-state index in [-0.39, 0.29) is 5.91 Å². The first-order valence-electron chi connectivity index (χ1n) is 5.04. The van der Waals surface area contributed by atoms with Crippen molar-refractivity contribution >= 4 is 5.91 Å². The van der Waals surface area contributed by atoms with E-state index in [4.69, 9.17) is 0 Å². The first kappa shape index (κ1) is 10.3. The molecule has 0 aromatic carbocycles. The maximum absolute atomic E-state index is 11.3. The Morgan fingerprint density at radius 2 is 2.38 bits per heavy atom. The molecule has 1 heterocycles. The van der Waals surface area contributed by atoms with E-state index in [9.17, 15) is 4.79 Å². The third-order valence-corrected chi connectivity index (χ3v) is 2.58. The third-order valence-electron chi connectivity index (χ3n) is 2.58. The van der Waals surface area contributed by atoms with E-state index in [1.807, 2.05) is 4.90 Å². The highest BCUT2D eigenvalue weighted by Crippen LogP contribution is 2.23. The Balaban J connectivity index is 2.36. The summed E-state index contributed by atoms with van der Waals surface area (Å²) in [7, 11) is 0. The van der Waals surface area contributed by atoms with Crippen LogP contribution in [0.2, 0.25) is 0 Å². The topological polar surface area (TPSA) is 20.3 Å². The fraction of sp³-hybridized carbons (Fsp3) is 0.727. The number of likely N-dealkylation sites (tertiary alicyclic amines) is 1. The van der Waals surface area contributed by atoms with Gasteiger partial charge in [0.05, 0.1) is 0 Å². The van der Waals surface area contributed by atoms with Crippen molar-refractivity contribution < 1.29 is 4.79 Å². The van der Waals surface area contributed by atoms with E-state index in [0.717, 1.165) is 25.4 Å². The zero-order valence-electron chi connectivity index (χ0n) is 8.62. The molecule has 2 heteroatoms. The molecular weight excluding hydrogens is 162 g/mol. The lowest BCUT2D eigenvalue weighted by Crippen LogP contribution is -2.26. The molecule has 1 aliphatic heterocycles. The van der Waals surface area contributed by atoms with Gasteiger partial charge in [0, 0.05) is 13.1 Å². The zero-order valence-corrected chi connectivity index (χ0v) is 8.62. The van der Waals surface area contributed by atoms with Gasteiger partial charge in [0.2, 0.25) is 5.91 Å². The van der Waals surface area contributed by atoms with Crippen molar-refractivity contribution in [2.75, 3.05) is 13.1 Å². The van der Waals surface area contributed by atoms with Crippen molar-refractivity contribution in [1.29, 1.82) is 0 Å². The van der Waals surface area contributed by atoms with Gasteiger partial charge in [-0.2, -0.15) is 0 Å². The second kappa shape index (κ2) is 4.45. The lowest BCUT2D eigenvalue weighted by Gasteiger charge is -2.15. The Bertz CT molecular complexity index is 198. The van der Waals surface area contributed by atoms with E-state index >= 15 is 0 Å². The minimum atomic E-state index is 0.0891. The summed E-state index contributed by atoms with van der Waals surface area (Å²) >= 11 is 0. The van der Waals surface area contributed by atoms with Crippen LogP contribution in [0.3, 0.4) is 0 Å². The van der Waals surface area contributed by atoms with Crippen molar-refractivity contribution in [3.8, 4) is 0 Å². The lowest BCUT2D eigenvalue weighted by molar-refractivity contribution is -0.125. The molecular formula is C11H19NO. The summed E-state index contributed by atoms with van der Waals surface area (Å²) < 4.78 is 0. The molecule has 0 spiro atoms. The van der Waals surface area contributed by atoms with Crippen LogP contribution in [0.1, 0.15) is 26.7 Å². The Morgan fingerprint density at radius 1 is 1.69 bits per heavy atom. The van der Waals surface area contributed by atoms with Crippen LogP contribution in [0, 0.1) is 11.8 Å². The number of hydrogen-bond donors (Lipinski definition) is 0. The smallest absolute Gasteiger partial charge is 0.245 e. The summed E-state index contributed by atoms with van der Waals surface area (Å²) in [6.45, 7) is 9.82. The third kappa shape index (κ3) is 2.87. The van der Waals surface area contributed by atoms with Crippen molar-refractivity contribution in [1.82, 2.24) is 4.90 Å². The molecule has 0 radical (unpaired) electrons. The van der Waals surface area contributed by atoms with Crippen molar-refractivity contribution in [2.24, 2.45) is 11.8 Å². The van der Waals surface area contributed by atoms with E-state index in [2.05, 4.69) is 20.4 Å². The highest BCUT2D eigenvalue weighted by Gasteiger charge is 2.24. The molecule has 1 aliphatic rings. The predicted octanol–water partition coefficient (Wildman–Crippen LogP) is 2.07. The molecule has 2 nitrogen and oxygen atoms in total. The first-order chi connectivity index (χ1) is 6.13.